The zero-order chi connectivity index (χ0) is 17.3. The molecule has 0 aliphatic heterocycles. The molecule has 0 fully saturated rings. The van der Waals surface area contributed by atoms with Crippen LogP contribution in [0.15, 0.2) is 54.7 Å². The van der Waals surface area contributed by atoms with Crippen molar-refractivity contribution >= 4 is 16.9 Å². The third kappa shape index (κ3) is 3.13. The van der Waals surface area contributed by atoms with E-state index in [0.29, 0.717) is 11.1 Å². The second kappa shape index (κ2) is 6.03. The van der Waals surface area contributed by atoms with E-state index >= 15 is 0 Å². The maximum absolute atomic E-state index is 13.0. The molecule has 1 aromatic heterocycles. The number of halogens is 3. The van der Waals surface area contributed by atoms with Gasteiger partial charge in [0.2, 0.25) is 0 Å². The summed E-state index contributed by atoms with van der Waals surface area (Å²) in [5.41, 5.74) is 0.916. The first-order valence-electron chi connectivity index (χ1n) is 7.29. The number of aromatic amines is 1. The van der Waals surface area contributed by atoms with Crippen molar-refractivity contribution < 1.29 is 23.1 Å². The van der Waals surface area contributed by atoms with Crippen LogP contribution in [0.4, 0.5) is 13.2 Å². The zero-order valence-corrected chi connectivity index (χ0v) is 12.4. The Morgan fingerprint density at radius 1 is 1.12 bits per heavy atom. The lowest BCUT2D eigenvalue weighted by Gasteiger charge is -2.19. The van der Waals surface area contributed by atoms with Gasteiger partial charge in [-0.25, -0.2) is 0 Å². The Morgan fingerprint density at radius 2 is 1.88 bits per heavy atom. The van der Waals surface area contributed by atoms with Gasteiger partial charge in [-0.05, 0) is 29.7 Å². The van der Waals surface area contributed by atoms with Crippen LogP contribution in [0.25, 0.3) is 10.9 Å². The Hall–Kier alpha value is -2.76. The van der Waals surface area contributed by atoms with Gasteiger partial charge >= 0.3 is 6.18 Å². The highest BCUT2D eigenvalue weighted by atomic mass is 19.4. The quantitative estimate of drug-likeness (QED) is 0.795. The summed E-state index contributed by atoms with van der Waals surface area (Å²) in [6.07, 6.45) is -3.25. The summed E-state index contributed by atoms with van der Waals surface area (Å²) < 4.78 is 38.9. The number of H-pyrrole nitrogens is 1. The number of rotatable bonds is 4. The third-order valence-electron chi connectivity index (χ3n) is 3.98. The number of fused-ring (bicyclic) bond motifs is 1. The molecule has 0 spiro atoms. The molecule has 1 atom stereocenters. The summed E-state index contributed by atoms with van der Waals surface area (Å²) in [5, 5.41) is 11.9. The van der Waals surface area contributed by atoms with Crippen LogP contribution in [0.3, 0.4) is 0 Å². The number of carbonyl (C=O) groups excluding carboxylic acids is 1. The summed E-state index contributed by atoms with van der Waals surface area (Å²) in [6, 6.07) is 12.0. The average molecular weight is 332 g/mol. The molecule has 1 heterocycles. The predicted octanol–water partition coefficient (Wildman–Crippen LogP) is 3.46. The number of carbonyl (C=O) groups is 1. The Kier molecular flexibility index (Phi) is 4.05. The van der Waals surface area contributed by atoms with E-state index in [1.165, 1.54) is 12.1 Å². The van der Waals surface area contributed by atoms with Crippen molar-refractivity contribution in [2.75, 3.05) is 0 Å². The fourth-order valence-electron chi connectivity index (χ4n) is 2.89. The molecule has 3 rings (SSSR count). The van der Waals surface area contributed by atoms with Crippen molar-refractivity contribution in [2.45, 2.75) is 18.5 Å². The molecule has 3 nitrogen and oxygen atoms in total. The molecule has 0 saturated carbocycles. The minimum Gasteiger partial charge on any atom is -0.550 e. The Labute approximate surface area is 135 Å². The molecule has 0 radical (unpaired) electrons. The summed E-state index contributed by atoms with van der Waals surface area (Å²) in [5.74, 6) is -2.05. The third-order valence-corrected chi connectivity index (χ3v) is 3.98. The van der Waals surface area contributed by atoms with Crippen molar-refractivity contribution in [3.05, 3.63) is 71.4 Å². The van der Waals surface area contributed by atoms with Gasteiger partial charge in [-0.1, -0.05) is 36.4 Å². The maximum Gasteiger partial charge on any atom is 0.416 e. The van der Waals surface area contributed by atoms with Crippen LogP contribution >= 0.6 is 0 Å². The van der Waals surface area contributed by atoms with Gasteiger partial charge in [0, 0.05) is 29.0 Å². The maximum atomic E-state index is 13.0. The number of aromatic nitrogens is 1. The van der Waals surface area contributed by atoms with Gasteiger partial charge in [0.1, 0.15) is 0 Å². The van der Waals surface area contributed by atoms with E-state index in [4.69, 9.17) is 0 Å². The summed E-state index contributed by atoms with van der Waals surface area (Å²) in [6.45, 7) is 0. The molecule has 6 heteroatoms. The van der Waals surface area contributed by atoms with Crippen LogP contribution < -0.4 is 5.11 Å². The van der Waals surface area contributed by atoms with Gasteiger partial charge in [-0.15, -0.1) is 0 Å². The van der Waals surface area contributed by atoms with E-state index in [-0.39, 0.29) is 0 Å². The van der Waals surface area contributed by atoms with Crippen LogP contribution in [0.2, 0.25) is 0 Å². The Balaban J connectivity index is 2.12. The van der Waals surface area contributed by atoms with Crippen LogP contribution in [-0.4, -0.2) is 11.0 Å². The molecule has 0 saturated heterocycles. The van der Waals surface area contributed by atoms with Crippen LogP contribution in [-0.2, 0) is 11.0 Å². The molecular weight excluding hydrogens is 319 g/mol. The number of nitrogens with one attached hydrogen (secondary N) is 1. The standard InChI is InChI=1S/C18H14F3NO2/c19-18(20,21)12-5-3-4-11(8-12)14(9-17(23)24)15-10-22-16-7-2-1-6-13(15)16/h1-8,10,14,22H,9H2,(H,23,24)/p-1/t14-/m0/s1. The number of para-hydroxylation sites is 1. The molecule has 124 valence electrons. The van der Waals surface area contributed by atoms with Crippen molar-refractivity contribution in [3.63, 3.8) is 0 Å². The minimum atomic E-state index is -4.48. The minimum absolute atomic E-state index is 0.291. The van der Waals surface area contributed by atoms with Crippen LogP contribution in [0.1, 0.15) is 29.0 Å². The molecule has 0 aliphatic rings. The second-order valence-corrected chi connectivity index (χ2v) is 5.54. The number of alkyl halides is 3. The normalized spacial score (nSPS) is 13.1. The van der Waals surface area contributed by atoms with Gasteiger partial charge in [-0.3, -0.25) is 0 Å². The summed E-state index contributed by atoms with van der Waals surface area (Å²) in [7, 11) is 0. The number of carboxylic acids is 1. The summed E-state index contributed by atoms with van der Waals surface area (Å²) in [4.78, 5) is 14.2. The number of carboxylic acid groups (broad SMARTS) is 1. The molecule has 24 heavy (non-hydrogen) atoms. The molecular formula is C18H13F3NO2-. The van der Waals surface area contributed by atoms with Crippen molar-refractivity contribution in [2.24, 2.45) is 0 Å². The van der Waals surface area contributed by atoms with Crippen LogP contribution in [0, 0.1) is 0 Å². The SMILES string of the molecule is O=C([O-])C[C@@H](c1cccc(C(F)(F)F)c1)c1c[nH]c2ccccc12. The van der Waals surface area contributed by atoms with Gasteiger partial charge in [-0.2, -0.15) is 13.2 Å². The van der Waals surface area contributed by atoms with E-state index in [1.807, 2.05) is 12.1 Å². The van der Waals surface area contributed by atoms with Crippen LogP contribution in [0.5, 0.6) is 0 Å². The first kappa shape index (κ1) is 16.1. The van der Waals surface area contributed by atoms with Crippen molar-refractivity contribution in [1.29, 1.82) is 0 Å². The Bertz CT molecular complexity index is 883. The summed E-state index contributed by atoms with van der Waals surface area (Å²) >= 11 is 0. The largest absolute Gasteiger partial charge is 0.550 e. The molecule has 0 aliphatic carbocycles. The molecule has 0 amide bonds. The fourth-order valence-corrected chi connectivity index (χ4v) is 2.89. The highest BCUT2D eigenvalue weighted by Gasteiger charge is 2.31. The monoisotopic (exact) mass is 332 g/mol. The number of aliphatic carboxylic acids is 1. The molecule has 2 aromatic carbocycles. The van der Waals surface area contributed by atoms with Crippen molar-refractivity contribution in [1.82, 2.24) is 4.98 Å². The smallest absolute Gasteiger partial charge is 0.416 e. The number of benzene rings is 2. The molecule has 3 aromatic rings. The lowest BCUT2D eigenvalue weighted by atomic mass is 9.87. The van der Waals surface area contributed by atoms with Gasteiger partial charge in [0.15, 0.2) is 0 Å². The zero-order valence-electron chi connectivity index (χ0n) is 12.4. The highest BCUT2D eigenvalue weighted by molar-refractivity contribution is 5.85. The molecule has 0 bridgehead atoms. The molecule has 0 unspecified atom stereocenters. The highest BCUT2D eigenvalue weighted by Crippen LogP contribution is 2.36. The van der Waals surface area contributed by atoms with E-state index < -0.39 is 30.0 Å². The van der Waals surface area contributed by atoms with E-state index in [9.17, 15) is 23.1 Å². The van der Waals surface area contributed by atoms with Gasteiger partial charge in [0.25, 0.3) is 0 Å². The van der Waals surface area contributed by atoms with E-state index in [2.05, 4.69) is 4.98 Å². The molecule has 1 N–H and O–H groups in total. The van der Waals surface area contributed by atoms with E-state index in [0.717, 1.165) is 23.0 Å². The predicted molar refractivity (Wildman–Crippen MR) is 81.2 cm³/mol. The van der Waals surface area contributed by atoms with Gasteiger partial charge < -0.3 is 14.9 Å². The average Bonchev–Trinajstić information content (AvgIpc) is 2.95. The lowest BCUT2D eigenvalue weighted by molar-refractivity contribution is -0.305. The fraction of sp³-hybridized carbons (Fsp3) is 0.167. The lowest BCUT2D eigenvalue weighted by Crippen LogP contribution is -2.25. The number of hydrogen-bond acceptors (Lipinski definition) is 2. The second-order valence-electron chi connectivity index (χ2n) is 5.54. The topological polar surface area (TPSA) is 55.9 Å². The van der Waals surface area contributed by atoms with E-state index in [1.54, 1.807) is 18.3 Å². The first-order chi connectivity index (χ1) is 11.4. The van der Waals surface area contributed by atoms with Gasteiger partial charge in [0.05, 0.1) is 5.56 Å². The first-order valence-corrected chi connectivity index (χ1v) is 7.29. The van der Waals surface area contributed by atoms with Crippen molar-refractivity contribution in [3.8, 4) is 0 Å². The number of hydrogen-bond donors (Lipinski definition) is 1. The Morgan fingerprint density at radius 3 is 2.58 bits per heavy atom.